The number of anilines is 2. The zero-order chi connectivity index (χ0) is 14.8. The zero-order valence-corrected chi connectivity index (χ0v) is 11.9. The minimum Gasteiger partial charge on any atom is -0.481 e. The monoisotopic (exact) mass is 284 g/mol. The van der Waals surface area contributed by atoms with E-state index < -0.39 is 0 Å². The highest BCUT2D eigenvalue weighted by Crippen LogP contribution is 2.23. The van der Waals surface area contributed by atoms with Gasteiger partial charge < -0.3 is 10.1 Å². The molecule has 0 saturated carbocycles. The third-order valence-corrected chi connectivity index (χ3v) is 3.35. The Bertz CT molecular complexity index is 700. The molecule has 0 saturated heterocycles. The van der Waals surface area contributed by atoms with Gasteiger partial charge in [0.05, 0.1) is 7.11 Å². The molecule has 0 radical (unpaired) electrons. The van der Waals surface area contributed by atoms with Gasteiger partial charge in [-0.3, -0.25) is 10.1 Å². The van der Waals surface area contributed by atoms with Gasteiger partial charge in [-0.05, 0) is 31.0 Å². The first-order valence-electron chi connectivity index (χ1n) is 6.73. The molecule has 0 aliphatic carbocycles. The van der Waals surface area contributed by atoms with Crippen LogP contribution in [0.2, 0.25) is 0 Å². The average molecular weight is 284 g/mol. The van der Waals surface area contributed by atoms with Crippen LogP contribution >= 0.6 is 0 Å². The highest BCUT2D eigenvalue weighted by atomic mass is 16.5. The Labute approximate surface area is 122 Å². The lowest BCUT2D eigenvalue weighted by Crippen LogP contribution is -2.15. The predicted molar refractivity (Wildman–Crippen MR) is 79.9 cm³/mol. The number of rotatable bonds is 3. The number of amides is 1. The van der Waals surface area contributed by atoms with Crippen molar-refractivity contribution in [2.45, 2.75) is 13.3 Å². The molecule has 6 heteroatoms. The SMILES string of the molecule is COc1cc(C)nc(NC(=O)c2ccc3c(c2)NCC3)n1. The molecule has 108 valence electrons. The molecule has 1 amide bonds. The van der Waals surface area contributed by atoms with E-state index in [1.807, 2.05) is 25.1 Å². The number of aromatic nitrogens is 2. The van der Waals surface area contributed by atoms with Crippen LogP contribution in [-0.4, -0.2) is 29.5 Å². The van der Waals surface area contributed by atoms with Crippen LogP contribution in [0.3, 0.4) is 0 Å². The minimum absolute atomic E-state index is 0.237. The standard InChI is InChI=1S/C15H16N4O2/c1-9-7-13(21-2)18-15(17-9)19-14(20)11-4-3-10-5-6-16-12(10)8-11/h3-4,7-8,16H,5-6H2,1-2H3,(H,17,18,19,20). The summed E-state index contributed by atoms with van der Waals surface area (Å²) < 4.78 is 5.07. The van der Waals surface area contributed by atoms with Crippen LogP contribution in [0.4, 0.5) is 11.6 Å². The van der Waals surface area contributed by atoms with Gasteiger partial charge in [-0.25, -0.2) is 4.98 Å². The number of aryl methyl sites for hydroxylation is 1. The Morgan fingerprint density at radius 3 is 3.00 bits per heavy atom. The molecule has 0 bridgehead atoms. The number of hydrogen-bond donors (Lipinski definition) is 2. The van der Waals surface area contributed by atoms with Crippen LogP contribution in [0, 0.1) is 6.92 Å². The second kappa shape index (κ2) is 5.40. The molecule has 1 aliphatic heterocycles. The summed E-state index contributed by atoms with van der Waals surface area (Å²) in [6.45, 7) is 2.73. The van der Waals surface area contributed by atoms with Crippen molar-refractivity contribution in [3.8, 4) is 5.88 Å². The van der Waals surface area contributed by atoms with Gasteiger partial charge in [-0.15, -0.1) is 0 Å². The van der Waals surface area contributed by atoms with Crippen molar-refractivity contribution in [2.75, 3.05) is 24.3 Å². The molecule has 21 heavy (non-hydrogen) atoms. The van der Waals surface area contributed by atoms with Gasteiger partial charge in [0, 0.05) is 29.6 Å². The van der Waals surface area contributed by atoms with Gasteiger partial charge in [-0.1, -0.05) is 6.07 Å². The van der Waals surface area contributed by atoms with Crippen LogP contribution in [0.25, 0.3) is 0 Å². The van der Waals surface area contributed by atoms with Gasteiger partial charge >= 0.3 is 0 Å². The smallest absolute Gasteiger partial charge is 0.258 e. The van der Waals surface area contributed by atoms with Crippen molar-refractivity contribution in [3.05, 3.63) is 41.1 Å². The molecule has 1 aromatic heterocycles. The average Bonchev–Trinajstić information content (AvgIpc) is 2.93. The maximum Gasteiger partial charge on any atom is 0.258 e. The normalized spacial score (nSPS) is 12.5. The summed E-state index contributed by atoms with van der Waals surface area (Å²) in [5.74, 6) is 0.429. The summed E-state index contributed by atoms with van der Waals surface area (Å²) in [7, 11) is 1.53. The van der Waals surface area contributed by atoms with Crippen LogP contribution < -0.4 is 15.4 Å². The maximum absolute atomic E-state index is 12.3. The number of hydrogen-bond acceptors (Lipinski definition) is 5. The summed E-state index contributed by atoms with van der Waals surface area (Å²) in [6.07, 6.45) is 0.995. The Morgan fingerprint density at radius 1 is 1.33 bits per heavy atom. The third kappa shape index (κ3) is 2.79. The molecule has 0 unspecified atom stereocenters. The number of carbonyl (C=O) groups is 1. The van der Waals surface area contributed by atoms with Gasteiger partial charge in [-0.2, -0.15) is 4.98 Å². The fourth-order valence-corrected chi connectivity index (χ4v) is 2.31. The van der Waals surface area contributed by atoms with E-state index in [1.54, 1.807) is 6.07 Å². The van der Waals surface area contributed by atoms with E-state index in [1.165, 1.54) is 12.7 Å². The number of fused-ring (bicyclic) bond motifs is 1. The number of benzene rings is 1. The fraction of sp³-hybridized carbons (Fsp3) is 0.267. The summed E-state index contributed by atoms with van der Waals surface area (Å²) in [4.78, 5) is 20.6. The Morgan fingerprint density at radius 2 is 2.19 bits per heavy atom. The van der Waals surface area contributed by atoms with Gasteiger partial charge in [0.2, 0.25) is 11.8 Å². The van der Waals surface area contributed by atoms with Crippen molar-refractivity contribution in [1.29, 1.82) is 0 Å². The van der Waals surface area contributed by atoms with E-state index >= 15 is 0 Å². The Balaban J connectivity index is 1.81. The van der Waals surface area contributed by atoms with Crippen molar-refractivity contribution >= 4 is 17.5 Å². The first-order valence-corrected chi connectivity index (χ1v) is 6.73. The molecule has 2 heterocycles. The maximum atomic E-state index is 12.3. The van der Waals surface area contributed by atoms with Crippen LogP contribution in [0.5, 0.6) is 5.88 Å². The molecular formula is C15H16N4O2. The molecule has 0 atom stereocenters. The third-order valence-electron chi connectivity index (χ3n) is 3.35. The molecule has 0 spiro atoms. The molecule has 2 N–H and O–H groups in total. The Hall–Kier alpha value is -2.63. The number of nitrogens with one attached hydrogen (secondary N) is 2. The summed E-state index contributed by atoms with van der Waals surface area (Å²) >= 11 is 0. The first-order chi connectivity index (χ1) is 10.2. The molecule has 2 aromatic rings. The molecule has 3 rings (SSSR count). The first kappa shape index (κ1) is 13.4. The fourth-order valence-electron chi connectivity index (χ4n) is 2.31. The van der Waals surface area contributed by atoms with Gasteiger partial charge in [0.25, 0.3) is 5.91 Å². The second-order valence-electron chi connectivity index (χ2n) is 4.88. The highest BCUT2D eigenvalue weighted by molar-refractivity contribution is 6.04. The summed E-state index contributed by atoms with van der Waals surface area (Å²) in [5.41, 5.74) is 3.56. The topological polar surface area (TPSA) is 76.1 Å². The minimum atomic E-state index is -0.237. The van der Waals surface area contributed by atoms with Crippen molar-refractivity contribution in [1.82, 2.24) is 9.97 Å². The van der Waals surface area contributed by atoms with Gasteiger partial charge in [0.15, 0.2) is 0 Å². The van der Waals surface area contributed by atoms with E-state index in [-0.39, 0.29) is 11.9 Å². The van der Waals surface area contributed by atoms with Crippen LogP contribution in [0.15, 0.2) is 24.3 Å². The highest BCUT2D eigenvalue weighted by Gasteiger charge is 2.14. The van der Waals surface area contributed by atoms with E-state index in [2.05, 4.69) is 20.6 Å². The number of nitrogens with zero attached hydrogens (tertiary/aromatic N) is 2. The van der Waals surface area contributed by atoms with E-state index in [9.17, 15) is 4.79 Å². The molecule has 6 nitrogen and oxygen atoms in total. The van der Waals surface area contributed by atoms with Crippen molar-refractivity contribution in [3.63, 3.8) is 0 Å². The summed E-state index contributed by atoms with van der Waals surface area (Å²) in [5, 5.41) is 5.95. The number of carbonyl (C=O) groups excluding carboxylic acids is 1. The largest absolute Gasteiger partial charge is 0.481 e. The number of methoxy groups -OCH3 is 1. The molecular weight excluding hydrogens is 268 g/mol. The molecule has 1 aromatic carbocycles. The second-order valence-corrected chi connectivity index (χ2v) is 4.88. The van der Waals surface area contributed by atoms with E-state index in [0.717, 1.165) is 24.3 Å². The summed E-state index contributed by atoms with van der Waals surface area (Å²) in [6, 6.07) is 7.34. The number of ether oxygens (including phenoxy) is 1. The zero-order valence-electron chi connectivity index (χ0n) is 11.9. The van der Waals surface area contributed by atoms with Gasteiger partial charge in [0.1, 0.15) is 0 Å². The quantitative estimate of drug-likeness (QED) is 0.901. The van der Waals surface area contributed by atoms with Crippen LogP contribution in [0.1, 0.15) is 21.6 Å². The Kier molecular flexibility index (Phi) is 3.43. The van der Waals surface area contributed by atoms with E-state index in [4.69, 9.17) is 4.74 Å². The van der Waals surface area contributed by atoms with E-state index in [0.29, 0.717) is 11.4 Å². The van der Waals surface area contributed by atoms with Crippen molar-refractivity contribution < 1.29 is 9.53 Å². The molecule has 1 aliphatic rings. The lowest BCUT2D eigenvalue weighted by Gasteiger charge is -2.08. The predicted octanol–water partition coefficient (Wildman–Crippen LogP) is 2.01. The molecule has 0 fully saturated rings. The lowest BCUT2D eigenvalue weighted by atomic mass is 10.1. The van der Waals surface area contributed by atoms with Crippen molar-refractivity contribution in [2.24, 2.45) is 0 Å². The van der Waals surface area contributed by atoms with Crippen LogP contribution in [-0.2, 0) is 6.42 Å². The lowest BCUT2D eigenvalue weighted by molar-refractivity contribution is 0.102.